The average molecular weight is 241 g/mol. The quantitative estimate of drug-likeness (QED) is 0.749. The van der Waals surface area contributed by atoms with E-state index in [9.17, 15) is 5.11 Å². The van der Waals surface area contributed by atoms with Gasteiger partial charge in [-0.1, -0.05) is 0 Å². The van der Waals surface area contributed by atoms with E-state index in [-0.39, 0.29) is 5.75 Å². The van der Waals surface area contributed by atoms with Crippen molar-refractivity contribution in [3.63, 3.8) is 0 Å². The van der Waals surface area contributed by atoms with Crippen molar-refractivity contribution < 1.29 is 9.84 Å². The predicted molar refractivity (Wildman–Crippen MR) is 65.9 cm³/mol. The van der Waals surface area contributed by atoms with Crippen molar-refractivity contribution in [3.05, 3.63) is 48.3 Å². The van der Waals surface area contributed by atoms with E-state index in [2.05, 4.69) is 10.1 Å². The summed E-state index contributed by atoms with van der Waals surface area (Å²) in [5, 5.41) is 13.5. The molecule has 0 aliphatic heterocycles. The fourth-order valence-corrected chi connectivity index (χ4v) is 1.76. The van der Waals surface area contributed by atoms with Crippen LogP contribution in [0.4, 0.5) is 0 Å². The van der Waals surface area contributed by atoms with Gasteiger partial charge in [0.25, 0.3) is 0 Å². The minimum atomic E-state index is 0.176. The molecule has 0 saturated carbocycles. The van der Waals surface area contributed by atoms with E-state index < -0.39 is 0 Å². The molecule has 3 aromatic rings. The maximum absolute atomic E-state index is 9.50. The Morgan fingerprint density at radius 3 is 2.94 bits per heavy atom. The van der Waals surface area contributed by atoms with Gasteiger partial charge in [0, 0.05) is 24.4 Å². The zero-order valence-corrected chi connectivity index (χ0v) is 9.74. The largest absolute Gasteiger partial charge is 0.508 e. The molecule has 0 spiro atoms. The van der Waals surface area contributed by atoms with Crippen LogP contribution in [0, 0.1) is 6.92 Å². The molecular weight excluding hydrogens is 230 g/mol. The maximum Gasteiger partial charge on any atom is 0.222 e. The summed E-state index contributed by atoms with van der Waals surface area (Å²) in [5.74, 6) is 1.20. The Balaban J connectivity index is 1.95. The van der Waals surface area contributed by atoms with E-state index >= 15 is 0 Å². The molecule has 5 nitrogen and oxygen atoms in total. The number of fused-ring (bicyclic) bond motifs is 1. The van der Waals surface area contributed by atoms with E-state index in [0.717, 1.165) is 5.56 Å². The number of phenols is 1. The number of aryl methyl sites for hydroxylation is 1. The van der Waals surface area contributed by atoms with E-state index in [0.29, 0.717) is 17.3 Å². The van der Waals surface area contributed by atoms with Gasteiger partial charge in [0.2, 0.25) is 5.88 Å². The fourth-order valence-electron chi connectivity index (χ4n) is 1.76. The molecule has 2 heterocycles. The third-order valence-corrected chi connectivity index (χ3v) is 2.49. The first-order chi connectivity index (χ1) is 8.70. The molecule has 0 atom stereocenters. The zero-order chi connectivity index (χ0) is 12.5. The summed E-state index contributed by atoms with van der Waals surface area (Å²) in [5.41, 5.74) is 1.64. The topological polar surface area (TPSA) is 59.7 Å². The van der Waals surface area contributed by atoms with E-state index in [1.54, 1.807) is 41.2 Å². The van der Waals surface area contributed by atoms with Crippen LogP contribution in [-0.4, -0.2) is 19.7 Å². The number of nitrogens with zero attached hydrogens (tertiary/aromatic N) is 3. The van der Waals surface area contributed by atoms with Crippen LogP contribution in [-0.2, 0) is 0 Å². The number of rotatable bonds is 2. The first-order valence-electron chi connectivity index (χ1n) is 5.50. The molecule has 5 heteroatoms. The van der Waals surface area contributed by atoms with Crippen LogP contribution >= 0.6 is 0 Å². The molecule has 3 rings (SSSR count). The Morgan fingerprint density at radius 2 is 2.11 bits per heavy atom. The van der Waals surface area contributed by atoms with Crippen LogP contribution in [0.15, 0.2) is 42.7 Å². The van der Waals surface area contributed by atoms with Gasteiger partial charge in [-0.2, -0.15) is 10.1 Å². The summed E-state index contributed by atoms with van der Waals surface area (Å²) >= 11 is 0. The Labute approximate surface area is 103 Å². The molecule has 0 fully saturated rings. The number of ether oxygens (including phenoxy) is 1. The Bertz CT molecular complexity index is 686. The van der Waals surface area contributed by atoms with Crippen LogP contribution in [0.25, 0.3) is 5.65 Å². The van der Waals surface area contributed by atoms with Gasteiger partial charge in [0.05, 0.1) is 6.20 Å². The highest BCUT2D eigenvalue weighted by Gasteiger charge is 2.03. The first kappa shape index (κ1) is 10.6. The summed E-state index contributed by atoms with van der Waals surface area (Å²) < 4.78 is 7.26. The molecule has 0 saturated heterocycles. The lowest BCUT2D eigenvalue weighted by molar-refractivity contribution is 0.445. The Morgan fingerprint density at radius 1 is 1.22 bits per heavy atom. The number of hydrogen-bond donors (Lipinski definition) is 1. The number of aromatic hydroxyl groups is 1. The molecule has 1 N–H and O–H groups in total. The summed E-state index contributed by atoms with van der Waals surface area (Å²) in [6.07, 6.45) is 3.44. The van der Waals surface area contributed by atoms with Gasteiger partial charge in [-0.15, -0.1) is 0 Å². The third kappa shape index (κ3) is 1.98. The van der Waals surface area contributed by atoms with Gasteiger partial charge >= 0.3 is 0 Å². The van der Waals surface area contributed by atoms with Crippen LogP contribution < -0.4 is 4.74 Å². The van der Waals surface area contributed by atoms with Crippen molar-refractivity contribution in [3.8, 4) is 17.4 Å². The minimum Gasteiger partial charge on any atom is -0.508 e. The van der Waals surface area contributed by atoms with Crippen molar-refractivity contribution in [2.75, 3.05) is 0 Å². The first-order valence-corrected chi connectivity index (χ1v) is 5.50. The van der Waals surface area contributed by atoms with Crippen molar-refractivity contribution in [2.24, 2.45) is 0 Å². The molecular formula is C13H11N3O2. The lowest BCUT2D eigenvalue weighted by atomic mass is 10.2. The summed E-state index contributed by atoms with van der Waals surface area (Å²) in [7, 11) is 0. The van der Waals surface area contributed by atoms with E-state index in [1.165, 1.54) is 0 Å². The Kier molecular flexibility index (Phi) is 2.37. The number of benzene rings is 1. The molecule has 2 aromatic heterocycles. The van der Waals surface area contributed by atoms with Crippen molar-refractivity contribution in [1.82, 2.24) is 14.6 Å². The molecule has 0 bridgehead atoms. The monoisotopic (exact) mass is 241 g/mol. The molecule has 1 aromatic carbocycles. The Hall–Kier alpha value is -2.56. The van der Waals surface area contributed by atoms with Gasteiger partial charge in [0.1, 0.15) is 11.5 Å². The van der Waals surface area contributed by atoms with Gasteiger partial charge in [0.15, 0.2) is 5.65 Å². The SMILES string of the molecule is Cc1cc(O)cc(Oc2ccn3nccc3n2)c1. The zero-order valence-electron chi connectivity index (χ0n) is 9.74. The smallest absolute Gasteiger partial charge is 0.222 e. The normalized spacial score (nSPS) is 10.7. The van der Waals surface area contributed by atoms with Crippen molar-refractivity contribution in [2.45, 2.75) is 6.92 Å². The highest BCUT2D eigenvalue weighted by molar-refractivity contribution is 5.41. The van der Waals surface area contributed by atoms with Crippen LogP contribution in [0.5, 0.6) is 17.4 Å². The van der Waals surface area contributed by atoms with Crippen LogP contribution in [0.2, 0.25) is 0 Å². The standard InChI is InChI=1S/C13H11N3O2/c1-9-6-10(17)8-11(7-9)18-13-3-5-16-12(15-13)2-4-14-16/h2-8,17H,1H3. The van der Waals surface area contributed by atoms with E-state index in [4.69, 9.17) is 4.74 Å². The number of hydrogen-bond acceptors (Lipinski definition) is 4. The highest BCUT2D eigenvalue weighted by atomic mass is 16.5. The number of aromatic nitrogens is 3. The van der Waals surface area contributed by atoms with Crippen molar-refractivity contribution >= 4 is 5.65 Å². The maximum atomic E-state index is 9.50. The summed E-state index contributed by atoms with van der Waals surface area (Å²) in [6, 6.07) is 8.57. The van der Waals surface area contributed by atoms with Gasteiger partial charge < -0.3 is 9.84 Å². The van der Waals surface area contributed by atoms with Crippen molar-refractivity contribution in [1.29, 1.82) is 0 Å². The molecule has 0 unspecified atom stereocenters. The molecule has 0 amide bonds. The van der Waals surface area contributed by atoms with E-state index in [1.807, 2.05) is 13.0 Å². The van der Waals surface area contributed by atoms with Gasteiger partial charge in [-0.25, -0.2) is 4.52 Å². The predicted octanol–water partition coefficient (Wildman–Crippen LogP) is 2.54. The highest BCUT2D eigenvalue weighted by Crippen LogP contribution is 2.25. The van der Waals surface area contributed by atoms with Gasteiger partial charge in [-0.3, -0.25) is 0 Å². The molecule has 90 valence electrons. The molecule has 0 radical (unpaired) electrons. The molecule has 18 heavy (non-hydrogen) atoms. The average Bonchev–Trinajstić information content (AvgIpc) is 2.74. The lowest BCUT2D eigenvalue weighted by Crippen LogP contribution is -1.93. The summed E-state index contributed by atoms with van der Waals surface area (Å²) in [6.45, 7) is 1.89. The summed E-state index contributed by atoms with van der Waals surface area (Å²) in [4.78, 5) is 4.29. The second-order valence-electron chi connectivity index (χ2n) is 4.01. The minimum absolute atomic E-state index is 0.176. The lowest BCUT2D eigenvalue weighted by Gasteiger charge is -2.06. The fraction of sp³-hybridized carbons (Fsp3) is 0.0769. The molecule has 0 aliphatic carbocycles. The second kappa shape index (κ2) is 4.03. The number of phenolic OH excluding ortho intramolecular Hbond substituents is 1. The van der Waals surface area contributed by atoms with Crippen LogP contribution in [0.1, 0.15) is 5.56 Å². The molecule has 0 aliphatic rings. The second-order valence-corrected chi connectivity index (χ2v) is 4.01. The van der Waals surface area contributed by atoms with Crippen LogP contribution in [0.3, 0.4) is 0 Å². The van der Waals surface area contributed by atoms with Gasteiger partial charge in [-0.05, 0) is 24.6 Å². The third-order valence-electron chi connectivity index (χ3n) is 2.49.